The fourth-order valence-corrected chi connectivity index (χ4v) is 3.08. The van der Waals surface area contributed by atoms with E-state index < -0.39 is 11.4 Å². The van der Waals surface area contributed by atoms with Gasteiger partial charge in [-0.25, -0.2) is 4.98 Å². The van der Waals surface area contributed by atoms with Gasteiger partial charge in [-0.3, -0.25) is 4.79 Å². The monoisotopic (exact) mass is 289 g/mol. The number of hydrogen-bond donors (Lipinski definition) is 1. The largest absolute Gasteiger partial charge is 0.481 e. The number of aryl methyl sites for hydroxylation is 1. The summed E-state index contributed by atoms with van der Waals surface area (Å²) in [6.45, 7) is 5.18. The van der Waals surface area contributed by atoms with E-state index in [1.807, 2.05) is 19.9 Å². The van der Waals surface area contributed by atoms with Crippen molar-refractivity contribution < 1.29 is 9.90 Å². The lowest BCUT2D eigenvalue weighted by molar-refractivity contribution is -0.149. The maximum atomic E-state index is 11.7. The van der Waals surface area contributed by atoms with E-state index in [2.05, 4.69) is 20.0 Å². The Morgan fingerprint density at radius 1 is 1.52 bits per heavy atom. The molecule has 0 bridgehead atoms. The highest BCUT2D eigenvalue weighted by atomic mass is 16.4. The zero-order valence-corrected chi connectivity index (χ0v) is 12.3. The Balaban J connectivity index is 2.02. The lowest BCUT2D eigenvalue weighted by atomic mass is 9.77. The van der Waals surface area contributed by atoms with Crippen molar-refractivity contribution in [2.75, 3.05) is 18.0 Å². The van der Waals surface area contributed by atoms with Crippen molar-refractivity contribution in [1.29, 1.82) is 0 Å². The molecule has 1 saturated heterocycles. The highest BCUT2D eigenvalue weighted by Crippen LogP contribution is 2.35. The molecule has 1 fully saturated rings. The summed E-state index contributed by atoms with van der Waals surface area (Å²) >= 11 is 0. The molecular weight excluding hydrogens is 270 g/mol. The third-order valence-corrected chi connectivity index (χ3v) is 4.39. The summed E-state index contributed by atoms with van der Waals surface area (Å²) in [5, 5.41) is 13.8. The van der Waals surface area contributed by atoms with Crippen molar-refractivity contribution in [1.82, 2.24) is 19.6 Å². The molecule has 0 radical (unpaired) electrons. The molecule has 3 rings (SSSR count). The van der Waals surface area contributed by atoms with E-state index in [-0.39, 0.29) is 0 Å². The molecular formula is C14H19N5O2. The van der Waals surface area contributed by atoms with Crippen LogP contribution in [0.5, 0.6) is 0 Å². The highest BCUT2D eigenvalue weighted by molar-refractivity contribution is 5.76. The summed E-state index contributed by atoms with van der Waals surface area (Å²) in [7, 11) is 0. The molecule has 0 saturated carbocycles. The van der Waals surface area contributed by atoms with Gasteiger partial charge < -0.3 is 10.0 Å². The standard InChI is InChI=1S/C14H19N5O2/c1-3-14(12(20)21)5-4-6-18(8-14)11-7-10(2)17-13-15-9-16-19(11)13/h7,9H,3-6,8H2,1-2H3,(H,20,21). The van der Waals surface area contributed by atoms with Crippen LogP contribution in [0.15, 0.2) is 12.4 Å². The zero-order chi connectivity index (χ0) is 15.0. The first kappa shape index (κ1) is 13.8. The van der Waals surface area contributed by atoms with Crippen LogP contribution >= 0.6 is 0 Å². The summed E-state index contributed by atoms with van der Waals surface area (Å²) in [6.07, 6.45) is 3.68. The predicted octanol–water partition coefficient (Wildman–Crippen LogP) is 1.51. The Morgan fingerprint density at radius 2 is 2.33 bits per heavy atom. The second-order valence-electron chi connectivity index (χ2n) is 5.69. The molecule has 21 heavy (non-hydrogen) atoms. The Bertz CT molecular complexity index is 683. The maximum Gasteiger partial charge on any atom is 0.311 e. The Hall–Kier alpha value is -2.18. The van der Waals surface area contributed by atoms with Gasteiger partial charge in [-0.15, -0.1) is 0 Å². The predicted molar refractivity (Wildman–Crippen MR) is 77.3 cm³/mol. The summed E-state index contributed by atoms with van der Waals surface area (Å²) < 4.78 is 1.68. The van der Waals surface area contributed by atoms with Crippen LogP contribution in [-0.4, -0.2) is 43.7 Å². The van der Waals surface area contributed by atoms with Crippen molar-refractivity contribution in [3.63, 3.8) is 0 Å². The van der Waals surface area contributed by atoms with Crippen LogP contribution in [0.1, 0.15) is 31.9 Å². The number of aromatic nitrogens is 4. The fourth-order valence-electron chi connectivity index (χ4n) is 3.08. The molecule has 7 nitrogen and oxygen atoms in total. The van der Waals surface area contributed by atoms with Crippen molar-refractivity contribution in [3.05, 3.63) is 18.1 Å². The number of nitrogens with zero attached hydrogens (tertiary/aromatic N) is 5. The van der Waals surface area contributed by atoms with Crippen molar-refractivity contribution >= 4 is 17.6 Å². The van der Waals surface area contributed by atoms with Gasteiger partial charge in [-0.05, 0) is 26.2 Å². The van der Waals surface area contributed by atoms with E-state index in [9.17, 15) is 9.90 Å². The van der Waals surface area contributed by atoms with E-state index >= 15 is 0 Å². The molecule has 0 spiro atoms. The molecule has 1 N–H and O–H groups in total. The second-order valence-corrected chi connectivity index (χ2v) is 5.69. The molecule has 2 aromatic rings. The van der Waals surface area contributed by atoms with E-state index in [1.54, 1.807) is 4.52 Å². The first-order chi connectivity index (χ1) is 10.1. The van der Waals surface area contributed by atoms with Gasteiger partial charge >= 0.3 is 5.97 Å². The van der Waals surface area contributed by atoms with Gasteiger partial charge in [0, 0.05) is 24.8 Å². The van der Waals surface area contributed by atoms with E-state index in [1.165, 1.54) is 6.33 Å². The van der Waals surface area contributed by atoms with Crippen LogP contribution in [-0.2, 0) is 4.79 Å². The van der Waals surface area contributed by atoms with Crippen molar-refractivity contribution in [2.24, 2.45) is 5.41 Å². The average Bonchev–Trinajstić information content (AvgIpc) is 2.94. The third kappa shape index (κ3) is 2.22. The number of carboxylic acid groups (broad SMARTS) is 1. The van der Waals surface area contributed by atoms with Gasteiger partial charge in [-0.1, -0.05) is 6.92 Å². The van der Waals surface area contributed by atoms with Crippen LogP contribution in [0.4, 0.5) is 5.82 Å². The summed E-state index contributed by atoms with van der Waals surface area (Å²) in [4.78, 5) is 22.2. The van der Waals surface area contributed by atoms with E-state index in [4.69, 9.17) is 0 Å². The number of carbonyl (C=O) groups is 1. The Labute approximate surface area is 122 Å². The molecule has 112 valence electrons. The molecule has 1 unspecified atom stereocenters. The highest BCUT2D eigenvalue weighted by Gasteiger charge is 2.41. The van der Waals surface area contributed by atoms with Crippen LogP contribution in [0.2, 0.25) is 0 Å². The number of hydrogen-bond acceptors (Lipinski definition) is 5. The molecule has 0 amide bonds. The smallest absolute Gasteiger partial charge is 0.311 e. The van der Waals surface area contributed by atoms with Gasteiger partial charge in [0.15, 0.2) is 0 Å². The minimum atomic E-state index is -0.713. The third-order valence-electron chi connectivity index (χ3n) is 4.39. The van der Waals surface area contributed by atoms with Crippen molar-refractivity contribution in [2.45, 2.75) is 33.1 Å². The first-order valence-corrected chi connectivity index (χ1v) is 7.21. The van der Waals surface area contributed by atoms with Crippen LogP contribution in [0.3, 0.4) is 0 Å². The molecule has 1 aliphatic heterocycles. The quantitative estimate of drug-likeness (QED) is 0.922. The number of anilines is 1. The fraction of sp³-hybridized carbons (Fsp3) is 0.571. The summed E-state index contributed by atoms with van der Waals surface area (Å²) in [5.74, 6) is 0.706. The van der Waals surface area contributed by atoms with Gasteiger partial charge in [0.25, 0.3) is 5.78 Å². The Morgan fingerprint density at radius 3 is 3.05 bits per heavy atom. The molecule has 0 aromatic carbocycles. The minimum absolute atomic E-state index is 0.497. The second kappa shape index (κ2) is 4.98. The number of aliphatic carboxylic acids is 1. The van der Waals surface area contributed by atoms with Crippen LogP contribution in [0.25, 0.3) is 5.78 Å². The minimum Gasteiger partial charge on any atom is -0.481 e. The van der Waals surface area contributed by atoms with E-state index in [0.717, 1.165) is 30.9 Å². The SMILES string of the molecule is CCC1(C(=O)O)CCCN(c2cc(C)nc3ncnn23)C1. The number of carboxylic acids is 1. The average molecular weight is 289 g/mol. The molecule has 1 aliphatic rings. The molecule has 7 heteroatoms. The molecule has 1 atom stereocenters. The molecule has 2 aromatic heterocycles. The molecule has 0 aliphatic carbocycles. The Kier molecular flexibility index (Phi) is 3.27. The number of fused-ring (bicyclic) bond motifs is 1. The van der Waals surface area contributed by atoms with Gasteiger partial charge in [0.2, 0.25) is 0 Å². The summed E-state index contributed by atoms with van der Waals surface area (Å²) in [5.41, 5.74) is 0.177. The van der Waals surface area contributed by atoms with Gasteiger partial charge in [0.1, 0.15) is 12.1 Å². The molecule has 3 heterocycles. The lowest BCUT2D eigenvalue weighted by Gasteiger charge is -2.40. The van der Waals surface area contributed by atoms with Crippen molar-refractivity contribution in [3.8, 4) is 0 Å². The van der Waals surface area contributed by atoms with Crippen LogP contribution in [0, 0.1) is 12.3 Å². The zero-order valence-electron chi connectivity index (χ0n) is 12.3. The number of rotatable bonds is 3. The normalized spacial score (nSPS) is 22.7. The van der Waals surface area contributed by atoms with E-state index in [0.29, 0.717) is 18.7 Å². The maximum absolute atomic E-state index is 11.7. The number of piperidine rings is 1. The van der Waals surface area contributed by atoms with Gasteiger partial charge in [-0.2, -0.15) is 14.6 Å². The topological polar surface area (TPSA) is 83.6 Å². The van der Waals surface area contributed by atoms with Crippen LogP contribution < -0.4 is 4.90 Å². The lowest BCUT2D eigenvalue weighted by Crippen LogP contribution is -2.48. The first-order valence-electron chi connectivity index (χ1n) is 7.21. The van der Waals surface area contributed by atoms with Gasteiger partial charge in [0.05, 0.1) is 5.41 Å². The summed E-state index contributed by atoms with van der Waals surface area (Å²) in [6, 6.07) is 1.94.